The van der Waals surface area contributed by atoms with E-state index in [4.69, 9.17) is 5.11 Å². The Morgan fingerprint density at radius 2 is 2.25 bits per heavy atom. The Balaban J connectivity index is 2.91. The lowest BCUT2D eigenvalue weighted by Gasteiger charge is -2.19. The summed E-state index contributed by atoms with van der Waals surface area (Å²) in [7, 11) is -1.29. The Labute approximate surface area is 96.8 Å². The van der Waals surface area contributed by atoms with Crippen molar-refractivity contribution in [2.45, 2.75) is 12.1 Å². The van der Waals surface area contributed by atoms with E-state index in [-0.39, 0.29) is 6.42 Å². The van der Waals surface area contributed by atoms with Crippen LogP contribution in [0.5, 0.6) is 0 Å². The summed E-state index contributed by atoms with van der Waals surface area (Å²) >= 11 is 1.34. The van der Waals surface area contributed by atoms with Gasteiger partial charge in [-0.05, 0) is 0 Å². The fraction of sp³-hybridized carbons (Fsp3) is 0.500. The van der Waals surface area contributed by atoms with Crippen molar-refractivity contribution in [2.24, 2.45) is 0 Å². The van der Waals surface area contributed by atoms with Gasteiger partial charge in [-0.1, -0.05) is 0 Å². The van der Waals surface area contributed by atoms with Crippen LogP contribution in [0.4, 0.5) is 0 Å². The lowest BCUT2D eigenvalue weighted by molar-refractivity contribution is -0.137. The molecule has 8 heteroatoms. The molecule has 0 spiro atoms. The third kappa shape index (κ3) is 2.89. The van der Waals surface area contributed by atoms with Gasteiger partial charge >= 0.3 is 13.6 Å². The molecular weight excluding hydrogens is 253 g/mol. The lowest BCUT2D eigenvalue weighted by atomic mass is 10.2. The summed E-state index contributed by atoms with van der Waals surface area (Å²) in [5, 5.41) is 10.7. The smallest absolute Gasteiger partial charge is 0.344 e. The van der Waals surface area contributed by atoms with Crippen molar-refractivity contribution in [2.75, 3.05) is 14.2 Å². The number of thiazole rings is 1. The highest BCUT2D eigenvalue weighted by molar-refractivity contribution is 7.55. The summed E-state index contributed by atoms with van der Waals surface area (Å²) in [6.45, 7) is 0. The third-order valence-corrected chi connectivity index (χ3v) is 4.88. The SMILES string of the molecule is COP(=O)(OC)C(Cc1cscn1)C(=O)O. The van der Waals surface area contributed by atoms with Crippen LogP contribution >= 0.6 is 18.9 Å². The molecule has 0 aliphatic rings. The maximum atomic E-state index is 12.0. The number of rotatable bonds is 6. The molecule has 1 aromatic heterocycles. The number of hydrogen-bond donors (Lipinski definition) is 1. The van der Waals surface area contributed by atoms with Gasteiger partial charge in [0.1, 0.15) is 0 Å². The third-order valence-electron chi connectivity index (χ3n) is 2.06. The molecule has 0 aliphatic heterocycles. The zero-order valence-corrected chi connectivity index (χ0v) is 10.5. The number of hydrogen-bond acceptors (Lipinski definition) is 6. The van der Waals surface area contributed by atoms with Crippen molar-refractivity contribution < 1.29 is 23.5 Å². The second-order valence-electron chi connectivity index (χ2n) is 2.94. The van der Waals surface area contributed by atoms with Crippen molar-refractivity contribution >= 4 is 24.9 Å². The van der Waals surface area contributed by atoms with Gasteiger partial charge in [-0.3, -0.25) is 9.36 Å². The molecule has 0 fully saturated rings. The van der Waals surface area contributed by atoms with Crippen LogP contribution in [-0.4, -0.2) is 35.9 Å². The minimum atomic E-state index is -3.62. The number of carboxylic acids is 1. The highest BCUT2D eigenvalue weighted by Gasteiger charge is 2.40. The van der Waals surface area contributed by atoms with Gasteiger partial charge in [0.15, 0.2) is 5.66 Å². The van der Waals surface area contributed by atoms with Crippen molar-refractivity contribution in [3.63, 3.8) is 0 Å². The first-order valence-electron chi connectivity index (χ1n) is 4.34. The van der Waals surface area contributed by atoms with Crippen LogP contribution in [0.15, 0.2) is 10.9 Å². The number of carboxylic acid groups (broad SMARTS) is 1. The van der Waals surface area contributed by atoms with Crippen LogP contribution in [0.25, 0.3) is 0 Å². The van der Waals surface area contributed by atoms with Crippen LogP contribution in [0.1, 0.15) is 5.69 Å². The minimum absolute atomic E-state index is 0.0256. The molecule has 6 nitrogen and oxygen atoms in total. The van der Waals surface area contributed by atoms with E-state index in [1.807, 2.05) is 0 Å². The van der Waals surface area contributed by atoms with Crippen molar-refractivity contribution in [1.82, 2.24) is 4.98 Å². The highest BCUT2D eigenvalue weighted by atomic mass is 32.1. The van der Waals surface area contributed by atoms with E-state index in [1.54, 1.807) is 10.9 Å². The largest absolute Gasteiger partial charge is 0.481 e. The molecule has 1 heterocycles. The Bertz CT molecular complexity index is 385. The van der Waals surface area contributed by atoms with E-state index in [0.717, 1.165) is 0 Å². The molecule has 1 atom stereocenters. The summed E-state index contributed by atoms with van der Waals surface area (Å²) in [4.78, 5) is 15.0. The summed E-state index contributed by atoms with van der Waals surface area (Å²) in [6.07, 6.45) is 0.0256. The first-order valence-corrected chi connectivity index (χ1v) is 6.90. The van der Waals surface area contributed by atoms with Crippen LogP contribution in [-0.2, 0) is 24.8 Å². The second-order valence-corrected chi connectivity index (χ2v) is 6.09. The van der Waals surface area contributed by atoms with Crippen LogP contribution in [0.3, 0.4) is 0 Å². The van der Waals surface area contributed by atoms with Gasteiger partial charge in [-0.15, -0.1) is 11.3 Å². The molecular formula is C8H12NO5PS. The average Bonchev–Trinajstić information content (AvgIpc) is 2.77. The molecule has 0 bridgehead atoms. The first kappa shape index (κ1) is 13.3. The lowest BCUT2D eigenvalue weighted by Crippen LogP contribution is -2.24. The molecule has 0 radical (unpaired) electrons. The van der Waals surface area contributed by atoms with E-state index < -0.39 is 19.2 Å². The maximum absolute atomic E-state index is 12.0. The van der Waals surface area contributed by atoms with E-state index in [2.05, 4.69) is 14.0 Å². The average molecular weight is 265 g/mol. The molecule has 0 saturated carbocycles. The monoisotopic (exact) mass is 265 g/mol. The fourth-order valence-electron chi connectivity index (χ4n) is 1.20. The van der Waals surface area contributed by atoms with Gasteiger partial charge in [-0.25, -0.2) is 4.98 Å². The number of aliphatic carboxylic acids is 1. The standard InChI is InChI=1S/C8H12NO5PS/c1-13-15(12,14-2)7(8(10)11)3-6-4-16-5-9-6/h4-5,7H,3H2,1-2H3,(H,10,11). The molecule has 1 rings (SSSR count). The van der Waals surface area contributed by atoms with Crippen molar-refractivity contribution in [1.29, 1.82) is 0 Å². The van der Waals surface area contributed by atoms with Gasteiger partial charge < -0.3 is 14.2 Å². The second kappa shape index (κ2) is 5.54. The summed E-state index contributed by atoms with van der Waals surface area (Å²) < 4.78 is 21.3. The zero-order valence-electron chi connectivity index (χ0n) is 8.82. The van der Waals surface area contributed by atoms with Gasteiger partial charge in [0, 0.05) is 26.0 Å². The zero-order chi connectivity index (χ0) is 12.2. The van der Waals surface area contributed by atoms with E-state index in [0.29, 0.717) is 5.69 Å². The van der Waals surface area contributed by atoms with E-state index >= 15 is 0 Å². The molecule has 0 aliphatic carbocycles. The van der Waals surface area contributed by atoms with Crippen LogP contribution in [0, 0.1) is 0 Å². The molecule has 1 N–H and O–H groups in total. The molecule has 0 amide bonds. The van der Waals surface area contributed by atoms with Gasteiger partial charge in [-0.2, -0.15) is 0 Å². The summed E-state index contributed by atoms with van der Waals surface area (Å²) in [5.41, 5.74) is 0.912. The molecule has 1 unspecified atom stereocenters. The first-order chi connectivity index (χ1) is 7.53. The van der Waals surface area contributed by atoms with E-state index in [1.165, 1.54) is 25.6 Å². The molecule has 16 heavy (non-hydrogen) atoms. The molecule has 0 aromatic carbocycles. The maximum Gasteiger partial charge on any atom is 0.344 e. The van der Waals surface area contributed by atoms with Crippen molar-refractivity contribution in [3.8, 4) is 0 Å². The summed E-state index contributed by atoms with van der Waals surface area (Å²) in [5.74, 6) is -1.22. The molecule has 90 valence electrons. The van der Waals surface area contributed by atoms with Gasteiger partial charge in [0.2, 0.25) is 0 Å². The Morgan fingerprint density at radius 1 is 1.62 bits per heavy atom. The van der Waals surface area contributed by atoms with Crippen LogP contribution in [0.2, 0.25) is 0 Å². The van der Waals surface area contributed by atoms with Gasteiger partial charge in [0.25, 0.3) is 0 Å². The predicted molar refractivity (Wildman–Crippen MR) is 58.9 cm³/mol. The van der Waals surface area contributed by atoms with Gasteiger partial charge in [0.05, 0.1) is 11.2 Å². The van der Waals surface area contributed by atoms with Crippen molar-refractivity contribution in [3.05, 3.63) is 16.6 Å². The quantitative estimate of drug-likeness (QED) is 0.787. The predicted octanol–water partition coefficient (Wildman–Crippen LogP) is 1.62. The van der Waals surface area contributed by atoms with E-state index in [9.17, 15) is 9.36 Å². The topological polar surface area (TPSA) is 85.7 Å². The normalized spacial score (nSPS) is 13.6. The molecule has 1 aromatic rings. The Hall–Kier alpha value is -0.750. The number of aromatic nitrogens is 1. The fourth-order valence-corrected chi connectivity index (χ4v) is 3.11. The highest BCUT2D eigenvalue weighted by Crippen LogP contribution is 2.52. The molecule has 0 saturated heterocycles. The van der Waals surface area contributed by atoms with Crippen LogP contribution < -0.4 is 0 Å². The summed E-state index contributed by atoms with van der Waals surface area (Å²) in [6, 6.07) is 0. The Kier molecular flexibility index (Phi) is 4.61. The Morgan fingerprint density at radius 3 is 2.62 bits per heavy atom. The number of nitrogens with zero attached hydrogens (tertiary/aromatic N) is 1. The minimum Gasteiger partial charge on any atom is -0.481 e. The number of carbonyl (C=O) groups is 1.